The Morgan fingerprint density at radius 1 is 0.500 bits per heavy atom. The van der Waals surface area contributed by atoms with E-state index in [0.717, 1.165) is 0 Å². The first-order valence-corrected chi connectivity index (χ1v) is 0. The van der Waals surface area contributed by atoms with E-state index in [1.807, 2.05) is 0 Å². The molecule has 0 atom stereocenters. The molecule has 4 heteroatoms. The Morgan fingerprint density at radius 2 is 0.500 bits per heavy atom. The van der Waals surface area contributed by atoms with Gasteiger partial charge in [0.25, 0.3) is 0 Å². The summed E-state index contributed by atoms with van der Waals surface area (Å²) in [6, 6.07) is 0. The van der Waals surface area contributed by atoms with Crippen LogP contribution < -0.4 is 0 Å². The first kappa shape index (κ1) is 25.2. The van der Waals surface area contributed by atoms with Gasteiger partial charge in [-0.15, -0.1) is 0 Å². The molecular formula is Cd3Hg. The Balaban J connectivity index is 0. The van der Waals surface area contributed by atoms with Crippen molar-refractivity contribution < 1.29 is 110 Å². The largest absolute Gasteiger partial charge is 0 e. The van der Waals surface area contributed by atoms with Gasteiger partial charge >= 0.3 is 0 Å². The predicted octanol–water partition coefficient (Wildman–Crippen LogP) is -0.0100. The van der Waals surface area contributed by atoms with E-state index < -0.39 is 0 Å². The molecule has 0 bridgehead atoms. The Hall–Kier alpha value is 3.70. The third-order valence-corrected chi connectivity index (χ3v) is 0. The minimum atomic E-state index is 0. The average molecular weight is 538 g/mol. The molecule has 4 heavy (non-hydrogen) atoms. The van der Waals surface area contributed by atoms with Crippen molar-refractivity contribution in [3.8, 4) is 0 Å². The second-order valence-electron chi connectivity index (χ2n) is 0. The first-order chi connectivity index (χ1) is 0. The molecule has 0 amide bonds. The van der Waals surface area contributed by atoms with Crippen LogP contribution in [0, 0.1) is 0 Å². The Bertz CT molecular complexity index is 3.25. The van der Waals surface area contributed by atoms with E-state index in [-0.39, 0.29) is 110 Å². The second kappa shape index (κ2) is 15.9. The molecule has 0 fully saturated rings. The molecule has 8 valence electrons. The van der Waals surface area contributed by atoms with Gasteiger partial charge in [0, 0.05) is 110 Å². The van der Waals surface area contributed by atoms with Crippen molar-refractivity contribution in [3.63, 3.8) is 0 Å². The van der Waals surface area contributed by atoms with Gasteiger partial charge in [0.1, 0.15) is 0 Å². The number of hydrogen-bond acceptors (Lipinski definition) is 0. The van der Waals surface area contributed by atoms with Crippen molar-refractivity contribution in [2.24, 2.45) is 0 Å². The van der Waals surface area contributed by atoms with Crippen molar-refractivity contribution in [3.05, 3.63) is 0 Å². The third-order valence-electron chi connectivity index (χ3n) is 0. The molecule has 0 rings (SSSR count). The molecule has 0 aromatic heterocycles. The Morgan fingerprint density at radius 3 is 0.500 bits per heavy atom. The molecule has 0 nitrogen and oxygen atoms in total. The molecule has 0 spiro atoms. The predicted molar refractivity (Wildman–Crippen MR) is 0 cm³/mol. The van der Waals surface area contributed by atoms with Crippen LogP contribution in [0.3, 0.4) is 0 Å². The maximum Gasteiger partial charge on any atom is 0 e. The van der Waals surface area contributed by atoms with Crippen LogP contribution >= 0.6 is 0 Å². The summed E-state index contributed by atoms with van der Waals surface area (Å²) >= 11 is 0. The maximum atomic E-state index is 0. The van der Waals surface area contributed by atoms with Gasteiger partial charge in [0.2, 0.25) is 0 Å². The normalized spacial score (nSPS) is 0. The Kier molecular flexibility index (Phi) is 100. The van der Waals surface area contributed by atoms with Gasteiger partial charge in [-0.05, 0) is 0 Å². The van der Waals surface area contributed by atoms with E-state index in [1.165, 1.54) is 0 Å². The summed E-state index contributed by atoms with van der Waals surface area (Å²) in [7, 11) is 0. The van der Waals surface area contributed by atoms with Gasteiger partial charge in [-0.2, -0.15) is 0 Å². The van der Waals surface area contributed by atoms with Crippen molar-refractivity contribution >= 4 is 0 Å². The van der Waals surface area contributed by atoms with Crippen LogP contribution in [-0.4, -0.2) is 0 Å². The zero-order valence-corrected chi connectivity index (χ0v) is 20.4. The molecule has 0 aromatic rings. The van der Waals surface area contributed by atoms with Crippen LogP contribution in [0.25, 0.3) is 0 Å². The van der Waals surface area contributed by atoms with Crippen molar-refractivity contribution in [1.29, 1.82) is 0 Å². The summed E-state index contributed by atoms with van der Waals surface area (Å²) in [5.41, 5.74) is 0. The smallest absolute Gasteiger partial charge is 0 e. The van der Waals surface area contributed by atoms with Crippen LogP contribution in [0.2, 0.25) is 0 Å². The van der Waals surface area contributed by atoms with E-state index in [1.54, 1.807) is 0 Å². The molecule has 0 aliphatic carbocycles. The maximum absolute atomic E-state index is 0. The topological polar surface area (TPSA) is 0 Å². The van der Waals surface area contributed by atoms with E-state index in [2.05, 4.69) is 0 Å². The van der Waals surface area contributed by atoms with Crippen molar-refractivity contribution in [1.82, 2.24) is 0 Å². The van der Waals surface area contributed by atoms with Gasteiger partial charge in [0.05, 0.1) is 0 Å². The fourth-order valence-electron chi connectivity index (χ4n) is 0. The van der Waals surface area contributed by atoms with E-state index in [9.17, 15) is 0 Å². The minimum absolute atomic E-state index is 0. The van der Waals surface area contributed by atoms with Crippen LogP contribution in [0.15, 0.2) is 0 Å². The monoisotopic (exact) mass is 544 g/mol. The second-order valence-corrected chi connectivity index (χ2v) is 0. The molecule has 0 aliphatic rings. The summed E-state index contributed by atoms with van der Waals surface area (Å²) in [5.74, 6) is 0. The van der Waals surface area contributed by atoms with Crippen LogP contribution in [0.1, 0.15) is 0 Å². The van der Waals surface area contributed by atoms with Crippen molar-refractivity contribution in [2.45, 2.75) is 0 Å². The SMILES string of the molecule is [Cd].[Cd].[Cd].[Hg]. The van der Waals surface area contributed by atoms with Gasteiger partial charge in [-0.1, -0.05) is 0 Å². The van der Waals surface area contributed by atoms with E-state index >= 15 is 0 Å². The number of hydrogen-bond donors (Lipinski definition) is 0. The quantitative estimate of drug-likeness (QED) is 0.382. The minimum Gasteiger partial charge on any atom is 0 e. The van der Waals surface area contributed by atoms with Crippen LogP contribution in [0.5, 0.6) is 0 Å². The van der Waals surface area contributed by atoms with Crippen LogP contribution in [-0.2, 0) is 110 Å². The molecule has 0 N–H and O–H groups in total. The van der Waals surface area contributed by atoms with Gasteiger partial charge in [0.15, 0.2) is 0 Å². The van der Waals surface area contributed by atoms with Crippen LogP contribution in [0.4, 0.5) is 0 Å². The summed E-state index contributed by atoms with van der Waals surface area (Å²) in [5, 5.41) is 0. The average Bonchev–Trinajstić information content (AvgIpc) is 0. The molecule has 0 unspecified atom stereocenters. The molecule has 0 aromatic carbocycles. The van der Waals surface area contributed by atoms with Gasteiger partial charge in [-0.25, -0.2) is 0 Å². The van der Waals surface area contributed by atoms with E-state index in [0.29, 0.717) is 0 Å². The van der Waals surface area contributed by atoms with Gasteiger partial charge < -0.3 is 0 Å². The zero-order chi connectivity index (χ0) is 0. The van der Waals surface area contributed by atoms with Crippen molar-refractivity contribution in [2.75, 3.05) is 0 Å². The first-order valence-electron chi connectivity index (χ1n) is 0. The molecule has 0 saturated carbocycles. The van der Waals surface area contributed by atoms with Gasteiger partial charge in [-0.3, -0.25) is 0 Å². The molecular weight excluding hydrogens is 538 g/mol. The Labute approximate surface area is 107 Å². The third kappa shape index (κ3) is 9.20. The zero-order valence-electron chi connectivity index (χ0n) is 2.83. The summed E-state index contributed by atoms with van der Waals surface area (Å²) in [6.07, 6.45) is 0. The fraction of sp³-hybridized carbons (Fsp3) is 0. The fourth-order valence-corrected chi connectivity index (χ4v) is 0. The summed E-state index contributed by atoms with van der Waals surface area (Å²) < 4.78 is 0. The standard InChI is InChI=1S/3Cd.Hg. The molecule has 0 saturated heterocycles. The number of rotatable bonds is 0. The molecule has 0 aliphatic heterocycles. The molecule has 0 radical (unpaired) electrons. The summed E-state index contributed by atoms with van der Waals surface area (Å²) in [6.45, 7) is 0. The van der Waals surface area contributed by atoms with E-state index in [4.69, 9.17) is 0 Å². The molecule has 0 heterocycles. The summed E-state index contributed by atoms with van der Waals surface area (Å²) in [4.78, 5) is 0.